The van der Waals surface area contributed by atoms with Crippen LogP contribution in [0, 0.1) is 12.7 Å². The summed E-state index contributed by atoms with van der Waals surface area (Å²) >= 11 is 1.34. The van der Waals surface area contributed by atoms with Crippen molar-refractivity contribution >= 4 is 23.4 Å². The molecule has 0 spiro atoms. The van der Waals surface area contributed by atoms with Gasteiger partial charge in [0.15, 0.2) is 5.16 Å². The van der Waals surface area contributed by atoms with Gasteiger partial charge < -0.3 is 10.3 Å². The first-order valence-electron chi connectivity index (χ1n) is 7.87. The number of rotatable bonds is 5. The van der Waals surface area contributed by atoms with E-state index >= 15 is 0 Å². The van der Waals surface area contributed by atoms with Gasteiger partial charge in [0, 0.05) is 5.69 Å². The Morgan fingerprint density at radius 2 is 1.92 bits per heavy atom. The van der Waals surface area contributed by atoms with Crippen molar-refractivity contribution in [1.29, 1.82) is 0 Å². The molecule has 0 aliphatic carbocycles. The molecule has 0 fully saturated rings. The highest BCUT2D eigenvalue weighted by Gasteiger charge is 2.17. The minimum Gasteiger partial charge on any atom is -0.333 e. The Labute approximate surface area is 149 Å². The molecule has 1 aromatic heterocycles. The van der Waals surface area contributed by atoms with Crippen molar-refractivity contribution in [1.82, 2.24) is 9.97 Å². The topological polar surface area (TPSA) is 57.8 Å². The first-order valence-corrected chi connectivity index (χ1v) is 8.75. The van der Waals surface area contributed by atoms with Gasteiger partial charge >= 0.3 is 0 Å². The SMILES string of the molecule is Cc1ccccc1NC(=O)[C@@H](C)Sc1ncc(-c2ccc(F)cc2)[nH]1. The highest BCUT2D eigenvalue weighted by Crippen LogP contribution is 2.25. The Bertz CT molecular complexity index is 876. The molecule has 0 saturated carbocycles. The summed E-state index contributed by atoms with van der Waals surface area (Å²) in [6.45, 7) is 3.79. The highest BCUT2D eigenvalue weighted by atomic mass is 32.2. The quantitative estimate of drug-likeness (QED) is 0.655. The van der Waals surface area contributed by atoms with Crippen LogP contribution in [0.4, 0.5) is 10.1 Å². The van der Waals surface area contributed by atoms with Crippen molar-refractivity contribution in [2.24, 2.45) is 0 Å². The number of imidazole rings is 1. The van der Waals surface area contributed by atoms with Crippen molar-refractivity contribution in [2.75, 3.05) is 5.32 Å². The lowest BCUT2D eigenvalue weighted by Gasteiger charge is -2.12. The molecule has 1 amide bonds. The number of amides is 1. The molecule has 1 heterocycles. The minimum atomic E-state index is -0.313. The molecule has 2 N–H and O–H groups in total. The van der Waals surface area contributed by atoms with Crippen molar-refractivity contribution in [3.8, 4) is 11.3 Å². The largest absolute Gasteiger partial charge is 0.333 e. The average Bonchev–Trinajstić information content (AvgIpc) is 3.06. The number of nitrogens with zero attached hydrogens (tertiary/aromatic N) is 1. The number of hydrogen-bond donors (Lipinski definition) is 2. The first kappa shape index (κ1) is 17.2. The molecule has 3 aromatic rings. The molecule has 3 rings (SSSR count). The lowest BCUT2D eigenvalue weighted by atomic mass is 10.2. The van der Waals surface area contributed by atoms with Crippen LogP contribution in [-0.2, 0) is 4.79 Å². The molecule has 6 heteroatoms. The number of H-pyrrole nitrogens is 1. The summed E-state index contributed by atoms with van der Waals surface area (Å²) in [4.78, 5) is 19.8. The van der Waals surface area contributed by atoms with Gasteiger partial charge in [0.25, 0.3) is 0 Å². The fourth-order valence-corrected chi connectivity index (χ4v) is 3.09. The highest BCUT2D eigenvalue weighted by molar-refractivity contribution is 8.00. The predicted octanol–water partition coefficient (Wildman–Crippen LogP) is 4.64. The molecular formula is C19H18FN3OS. The second-order valence-electron chi connectivity index (χ2n) is 5.67. The number of thioether (sulfide) groups is 1. The van der Waals surface area contributed by atoms with Crippen LogP contribution in [0.1, 0.15) is 12.5 Å². The molecule has 0 bridgehead atoms. The molecule has 25 heavy (non-hydrogen) atoms. The van der Waals surface area contributed by atoms with Crippen LogP contribution < -0.4 is 5.32 Å². The Balaban J connectivity index is 1.65. The number of aromatic nitrogens is 2. The smallest absolute Gasteiger partial charge is 0.237 e. The first-order chi connectivity index (χ1) is 12.0. The maximum atomic E-state index is 13.0. The number of para-hydroxylation sites is 1. The van der Waals surface area contributed by atoms with Crippen molar-refractivity contribution in [2.45, 2.75) is 24.3 Å². The number of aromatic amines is 1. The lowest BCUT2D eigenvalue weighted by Crippen LogP contribution is -2.22. The summed E-state index contributed by atoms with van der Waals surface area (Å²) in [5.74, 6) is -0.363. The van der Waals surface area contributed by atoms with Gasteiger partial charge in [0.2, 0.25) is 5.91 Å². The number of carbonyl (C=O) groups is 1. The van der Waals surface area contributed by atoms with Crippen molar-refractivity contribution < 1.29 is 9.18 Å². The summed E-state index contributed by atoms with van der Waals surface area (Å²) in [7, 11) is 0. The van der Waals surface area contributed by atoms with Gasteiger partial charge in [-0.25, -0.2) is 9.37 Å². The van der Waals surface area contributed by atoms with Crippen LogP contribution in [0.25, 0.3) is 11.3 Å². The van der Waals surface area contributed by atoms with Crippen LogP contribution in [0.2, 0.25) is 0 Å². The zero-order chi connectivity index (χ0) is 17.8. The van der Waals surface area contributed by atoms with Crippen LogP contribution in [-0.4, -0.2) is 21.1 Å². The molecule has 0 saturated heterocycles. The Morgan fingerprint density at radius 3 is 2.64 bits per heavy atom. The number of carbonyl (C=O) groups excluding carboxylic acids is 1. The second-order valence-corrected chi connectivity index (χ2v) is 7.00. The molecule has 0 aliphatic heterocycles. The van der Waals surface area contributed by atoms with Crippen molar-refractivity contribution in [3.63, 3.8) is 0 Å². The minimum absolute atomic E-state index is 0.0842. The van der Waals surface area contributed by atoms with Gasteiger partial charge in [0.1, 0.15) is 5.82 Å². The number of halogens is 1. The predicted molar refractivity (Wildman–Crippen MR) is 99.1 cm³/mol. The number of aryl methyl sites for hydroxylation is 1. The van der Waals surface area contributed by atoms with E-state index in [4.69, 9.17) is 0 Å². The monoisotopic (exact) mass is 355 g/mol. The van der Waals surface area contributed by atoms with Gasteiger partial charge in [0.05, 0.1) is 17.1 Å². The molecular weight excluding hydrogens is 337 g/mol. The summed E-state index contributed by atoms with van der Waals surface area (Å²) in [5.41, 5.74) is 3.46. The number of benzene rings is 2. The Kier molecular flexibility index (Phi) is 5.19. The second kappa shape index (κ2) is 7.53. The number of anilines is 1. The fraction of sp³-hybridized carbons (Fsp3) is 0.158. The Hall–Kier alpha value is -2.60. The van der Waals surface area contributed by atoms with Gasteiger partial charge in [-0.05, 0) is 55.3 Å². The number of nitrogens with one attached hydrogen (secondary N) is 2. The molecule has 0 radical (unpaired) electrons. The third-order valence-corrected chi connectivity index (χ3v) is 4.77. The van der Waals surface area contributed by atoms with Gasteiger partial charge in [-0.3, -0.25) is 4.79 Å². The maximum absolute atomic E-state index is 13.0. The van der Waals surface area contributed by atoms with Crippen LogP contribution >= 0.6 is 11.8 Å². The third kappa shape index (κ3) is 4.28. The number of hydrogen-bond acceptors (Lipinski definition) is 3. The molecule has 1 atom stereocenters. The van der Waals surface area contributed by atoms with E-state index < -0.39 is 0 Å². The zero-order valence-corrected chi connectivity index (χ0v) is 14.7. The van der Waals surface area contributed by atoms with E-state index in [2.05, 4.69) is 15.3 Å². The summed E-state index contributed by atoms with van der Waals surface area (Å²) in [6, 6.07) is 13.8. The molecule has 4 nitrogen and oxygen atoms in total. The lowest BCUT2D eigenvalue weighted by molar-refractivity contribution is -0.115. The summed E-state index contributed by atoms with van der Waals surface area (Å²) in [5, 5.41) is 3.26. The van der Waals surface area contributed by atoms with Crippen LogP contribution in [0.15, 0.2) is 59.9 Å². The average molecular weight is 355 g/mol. The standard InChI is InChI=1S/C19H18FN3OS/c1-12-5-3-4-6-16(12)22-18(24)13(2)25-19-21-11-17(23-19)14-7-9-15(20)10-8-14/h3-11,13H,1-2H3,(H,21,23)(H,22,24)/t13-/m1/s1. The van der Waals surface area contributed by atoms with Gasteiger partial charge in [-0.1, -0.05) is 30.0 Å². The fourth-order valence-electron chi connectivity index (χ4n) is 2.31. The van der Waals surface area contributed by atoms with E-state index in [1.807, 2.05) is 38.1 Å². The third-order valence-electron chi connectivity index (χ3n) is 3.77. The summed E-state index contributed by atoms with van der Waals surface area (Å²) in [6.07, 6.45) is 1.68. The Morgan fingerprint density at radius 1 is 1.20 bits per heavy atom. The van der Waals surface area contributed by atoms with E-state index in [9.17, 15) is 9.18 Å². The van der Waals surface area contributed by atoms with E-state index in [0.717, 1.165) is 22.5 Å². The summed E-state index contributed by atoms with van der Waals surface area (Å²) < 4.78 is 13.0. The van der Waals surface area contributed by atoms with Crippen LogP contribution in [0.5, 0.6) is 0 Å². The molecule has 128 valence electrons. The van der Waals surface area contributed by atoms with E-state index in [1.165, 1.54) is 23.9 Å². The van der Waals surface area contributed by atoms with E-state index in [-0.39, 0.29) is 17.0 Å². The van der Waals surface area contributed by atoms with E-state index in [1.54, 1.807) is 18.3 Å². The van der Waals surface area contributed by atoms with E-state index in [0.29, 0.717) is 5.16 Å². The van der Waals surface area contributed by atoms with Gasteiger partial charge in [-0.15, -0.1) is 0 Å². The molecule has 0 aliphatic rings. The molecule has 0 unspecified atom stereocenters. The normalized spacial score (nSPS) is 12.0. The zero-order valence-electron chi connectivity index (χ0n) is 13.9. The maximum Gasteiger partial charge on any atom is 0.237 e. The molecule has 2 aromatic carbocycles. The van der Waals surface area contributed by atoms with Crippen molar-refractivity contribution in [3.05, 3.63) is 66.1 Å². The van der Waals surface area contributed by atoms with Gasteiger partial charge in [-0.2, -0.15) is 0 Å². The van der Waals surface area contributed by atoms with Crippen LogP contribution in [0.3, 0.4) is 0 Å².